The summed E-state index contributed by atoms with van der Waals surface area (Å²) in [6, 6.07) is 9.60. The summed E-state index contributed by atoms with van der Waals surface area (Å²) >= 11 is 3.57. The molecule has 0 aliphatic heterocycles. The number of benzene rings is 2. The number of ether oxygens (including phenoxy) is 4. The Morgan fingerprint density at radius 2 is 1.33 bits per heavy atom. The highest BCUT2D eigenvalue weighted by atomic mass is 79.9. The van der Waals surface area contributed by atoms with Gasteiger partial charge in [0.15, 0.2) is 23.0 Å². The summed E-state index contributed by atoms with van der Waals surface area (Å²) in [7, 11) is 6.45. The smallest absolute Gasteiger partial charge is 0.175 e. The van der Waals surface area contributed by atoms with Crippen molar-refractivity contribution in [2.24, 2.45) is 0 Å². The van der Waals surface area contributed by atoms with E-state index in [1.807, 2.05) is 30.3 Å². The van der Waals surface area contributed by atoms with Crippen LogP contribution in [0.25, 0.3) is 11.1 Å². The maximum Gasteiger partial charge on any atom is 0.175 e. The van der Waals surface area contributed by atoms with Gasteiger partial charge in [0.1, 0.15) is 0 Å². The van der Waals surface area contributed by atoms with E-state index in [1.165, 1.54) is 0 Å². The van der Waals surface area contributed by atoms with Crippen LogP contribution >= 0.6 is 15.9 Å². The summed E-state index contributed by atoms with van der Waals surface area (Å²) in [5.41, 5.74) is 1.97. The minimum atomic E-state index is 0.657. The quantitative estimate of drug-likeness (QED) is 0.809. The second-order valence-electron chi connectivity index (χ2n) is 4.23. The van der Waals surface area contributed by atoms with Crippen molar-refractivity contribution < 1.29 is 18.9 Å². The zero-order chi connectivity index (χ0) is 15.4. The van der Waals surface area contributed by atoms with Crippen LogP contribution in [0.4, 0.5) is 0 Å². The van der Waals surface area contributed by atoms with Crippen molar-refractivity contribution in [2.45, 2.75) is 0 Å². The van der Waals surface area contributed by atoms with Gasteiger partial charge in [0.05, 0.1) is 32.9 Å². The van der Waals surface area contributed by atoms with E-state index in [4.69, 9.17) is 18.9 Å². The van der Waals surface area contributed by atoms with E-state index in [0.717, 1.165) is 15.6 Å². The van der Waals surface area contributed by atoms with Gasteiger partial charge < -0.3 is 18.9 Å². The van der Waals surface area contributed by atoms with Crippen molar-refractivity contribution in [1.29, 1.82) is 0 Å². The molecule has 0 unspecified atom stereocenters. The lowest BCUT2D eigenvalue weighted by Crippen LogP contribution is -1.94. The van der Waals surface area contributed by atoms with Gasteiger partial charge in [-0.3, -0.25) is 0 Å². The predicted molar refractivity (Wildman–Crippen MR) is 85.8 cm³/mol. The zero-order valence-electron chi connectivity index (χ0n) is 12.4. The van der Waals surface area contributed by atoms with Gasteiger partial charge >= 0.3 is 0 Å². The van der Waals surface area contributed by atoms with Crippen LogP contribution in [0.3, 0.4) is 0 Å². The number of rotatable bonds is 5. The summed E-state index contributed by atoms with van der Waals surface area (Å²) in [4.78, 5) is 0. The summed E-state index contributed by atoms with van der Waals surface area (Å²) < 4.78 is 22.1. The Morgan fingerprint density at radius 3 is 1.90 bits per heavy atom. The van der Waals surface area contributed by atoms with E-state index in [9.17, 15) is 0 Å². The van der Waals surface area contributed by atoms with Crippen molar-refractivity contribution in [3.8, 4) is 34.1 Å². The minimum Gasteiger partial charge on any atom is -0.493 e. The van der Waals surface area contributed by atoms with Crippen LogP contribution in [0.5, 0.6) is 23.0 Å². The molecule has 4 nitrogen and oxygen atoms in total. The lowest BCUT2D eigenvalue weighted by atomic mass is 10.0. The van der Waals surface area contributed by atoms with Crippen molar-refractivity contribution in [1.82, 2.24) is 0 Å². The molecule has 0 aliphatic rings. The van der Waals surface area contributed by atoms with Gasteiger partial charge in [-0.05, 0) is 45.8 Å². The highest BCUT2D eigenvalue weighted by molar-refractivity contribution is 9.10. The van der Waals surface area contributed by atoms with E-state index >= 15 is 0 Å². The van der Waals surface area contributed by atoms with E-state index < -0.39 is 0 Å². The number of hydrogen-bond acceptors (Lipinski definition) is 4. The van der Waals surface area contributed by atoms with Gasteiger partial charge in [0.25, 0.3) is 0 Å². The van der Waals surface area contributed by atoms with E-state index in [0.29, 0.717) is 23.0 Å². The SMILES string of the molecule is COc1ccc(-c2ccc(OC)c(OC)c2Br)cc1OC. The van der Waals surface area contributed by atoms with Crippen LogP contribution in [0, 0.1) is 0 Å². The average molecular weight is 353 g/mol. The van der Waals surface area contributed by atoms with Crippen LogP contribution in [0.15, 0.2) is 34.8 Å². The van der Waals surface area contributed by atoms with Crippen molar-refractivity contribution in [3.63, 3.8) is 0 Å². The fourth-order valence-electron chi connectivity index (χ4n) is 2.12. The molecule has 0 saturated heterocycles. The van der Waals surface area contributed by atoms with Crippen LogP contribution in [-0.2, 0) is 0 Å². The molecule has 0 bridgehead atoms. The molecule has 0 saturated carbocycles. The fourth-order valence-corrected chi connectivity index (χ4v) is 2.83. The Balaban J connectivity index is 2.57. The molecule has 0 N–H and O–H groups in total. The molecule has 0 radical (unpaired) electrons. The van der Waals surface area contributed by atoms with Crippen LogP contribution in [0.2, 0.25) is 0 Å². The highest BCUT2D eigenvalue weighted by Gasteiger charge is 2.15. The van der Waals surface area contributed by atoms with Gasteiger partial charge in [-0.2, -0.15) is 0 Å². The van der Waals surface area contributed by atoms with Crippen molar-refractivity contribution >= 4 is 15.9 Å². The Hall–Kier alpha value is -1.88. The second kappa shape index (κ2) is 6.72. The van der Waals surface area contributed by atoms with Crippen LogP contribution < -0.4 is 18.9 Å². The van der Waals surface area contributed by atoms with Crippen molar-refractivity contribution in [2.75, 3.05) is 28.4 Å². The first-order valence-corrected chi connectivity index (χ1v) is 7.08. The molecule has 21 heavy (non-hydrogen) atoms. The Kier molecular flexibility index (Phi) is 4.96. The molecule has 2 aromatic rings. The lowest BCUT2D eigenvalue weighted by molar-refractivity contribution is 0.353. The monoisotopic (exact) mass is 352 g/mol. The number of hydrogen-bond donors (Lipinski definition) is 0. The third-order valence-electron chi connectivity index (χ3n) is 3.18. The minimum absolute atomic E-state index is 0.657. The third kappa shape index (κ3) is 2.93. The molecule has 112 valence electrons. The number of halogens is 1. The maximum absolute atomic E-state index is 5.40. The fraction of sp³-hybridized carbons (Fsp3) is 0.250. The Morgan fingerprint density at radius 1 is 0.714 bits per heavy atom. The molecular weight excluding hydrogens is 336 g/mol. The lowest BCUT2D eigenvalue weighted by Gasteiger charge is -2.14. The highest BCUT2D eigenvalue weighted by Crippen LogP contribution is 2.43. The number of methoxy groups -OCH3 is 4. The molecule has 2 aromatic carbocycles. The molecular formula is C16H17BrO4. The predicted octanol–water partition coefficient (Wildman–Crippen LogP) is 4.15. The van der Waals surface area contributed by atoms with Crippen molar-refractivity contribution in [3.05, 3.63) is 34.8 Å². The Bertz CT molecular complexity index is 640. The third-order valence-corrected chi connectivity index (χ3v) is 3.97. The topological polar surface area (TPSA) is 36.9 Å². The molecule has 0 heterocycles. The van der Waals surface area contributed by atoms with E-state index in [-0.39, 0.29) is 0 Å². The largest absolute Gasteiger partial charge is 0.493 e. The van der Waals surface area contributed by atoms with Crippen LogP contribution in [0.1, 0.15) is 0 Å². The second-order valence-corrected chi connectivity index (χ2v) is 5.03. The van der Waals surface area contributed by atoms with Gasteiger partial charge in [0.2, 0.25) is 0 Å². The normalized spacial score (nSPS) is 10.1. The summed E-state index contributed by atoms with van der Waals surface area (Å²) in [5.74, 6) is 2.70. The molecule has 2 rings (SSSR count). The molecule has 0 amide bonds. The molecule has 0 spiro atoms. The molecule has 0 atom stereocenters. The van der Waals surface area contributed by atoms with Crippen LogP contribution in [-0.4, -0.2) is 28.4 Å². The molecule has 5 heteroatoms. The summed E-state index contributed by atoms with van der Waals surface area (Å²) in [6.07, 6.45) is 0. The Labute approximate surface area is 132 Å². The average Bonchev–Trinajstić information content (AvgIpc) is 2.53. The van der Waals surface area contributed by atoms with E-state index in [2.05, 4.69) is 15.9 Å². The zero-order valence-corrected chi connectivity index (χ0v) is 14.0. The van der Waals surface area contributed by atoms with Gasteiger partial charge in [-0.25, -0.2) is 0 Å². The van der Waals surface area contributed by atoms with E-state index in [1.54, 1.807) is 28.4 Å². The standard InChI is InChI=1S/C16H17BrO4/c1-18-12-7-5-10(9-14(12)20-3)11-6-8-13(19-2)16(21-4)15(11)17/h5-9H,1-4H3. The maximum atomic E-state index is 5.40. The molecule has 0 aliphatic carbocycles. The molecule has 0 aromatic heterocycles. The first-order valence-electron chi connectivity index (χ1n) is 6.29. The van der Waals surface area contributed by atoms with Gasteiger partial charge in [-0.15, -0.1) is 0 Å². The first kappa shape index (κ1) is 15.5. The first-order chi connectivity index (χ1) is 10.2. The molecule has 0 fully saturated rings. The summed E-state index contributed by atoms with van der Waals surface area (Å²) in [5, 5.41) is 0. The van der Waals surface area contributed by atoms with Gasteiger partial charge in [0, 0.05) is 5.56 Å². The summed E-state index contributed by atoms with van der Waals surface area (Å²) in [6.45, 7) is 0. The van der Waals surface area contributed by atoms with Gasteiger partial charge in [-0.1, -0.05) is 6.07 Å².